The van der Waals surface area contributed by atoms with E-state index in [0.29, 0.717) is 18.8 Å². The molecule has 6 heteroatoms. The maximum absolute atomic E-state index is 13.1. The highest BCUT2D eigenvalue weighted by molar-refractivity contribution is 6.00. The van der Waals surface area contributed by atoms with Crippen molar-refractivity contribution in [1.82, 2.24) is 5.32 Å². The molecule has 2 amide bonds. The van der Waals surface area contributed by atoms with E-state index >= 15 is 0 Å². The van der Waals surface area contributed by atoms with Crippen LogP contribution in [0.25, 0.3) is 0 Å². The number of ether oxygens (including phenoxy) is 1. The molecular weight excluding hydrogens is 347 g/mol. The Morgan fingerprint density at radius 1 is 1.22 bits per heavy atom. The Kier molecular flexibility index (Phi) is 5.74. The van der Waals surface area contributed by atoms with Gasteiger partial charge in [0.15, 0.2) is 0 Å². The van der Waals surface area contributed by atoms with Crippen molar-refractivity contribution < 1.29 is 18.7 Å². The first-order chi connectivity index (χ1) is 12.9. The molecule has 142 valence electrons. The fourth-order valence-electron chi connectivity index (χ4n) is 3.10. The molecule has 1 saturated heterocycles. The first kappa shape index (κ1) is 18.9. The molecule has 0 radical (unpaired) electrons. The fraction of sp³-hybridized carbons (Fsp3) is 0.333. The van der Waals surface area contributed by atoms with E-state index in [1.807, 2.05) is 38.1 Å². The highest BCUT2D eigenvalue weighted by atomic mass is 19.1. The van der Waals surface area contributed by atoms with Crippen LogP contribution in [-0.4, -0.2) is 24.5 Å². The normalized spacial score (nSPS) is 16.7. The molecule has 0 spiro atoms. The number of amides is 2. The molecule has 0 saturated carbocycles. The molecule has 1 fully saturated rings. The van der Waals surface area contributed by atoms with Crippen LogP contribution >= 0.6 is 0 Å². The van der Waals surface area contributed by atoms with Gasteiger partial charge in [-0.3, -0.25) is 9.59 Å². The third-order valence-corrected chi connectivity index (χ3v) is 4.42. The molecule has 1 atom stereocenters. The minimum atomic E-state index is -0.430. The number of nitrogens with zero attached hydrogens (tertiary/aromatic N) is 1. The number of rotatable bonds is 6. The second-order valence-electron chi connectivity index (χ2n) is 6.87. The predicted octanol–water partition coefficient (Wildman–Crippen LogP) is 3.28. The Balaban J connectivity index is 1.61. The SMILES string of the molecule is CC(C)Oc1ccccc1CNC(=O)C1CC(=O)N(c2ccc(F)cc2)C1. The van der Waals surface area contributed by atoms with Gasteiger partial charge in [-0.05, 0) is 44.2 Å². The summed E-state index contributed by atoms with van der Waals surface area (Å²) >= 11 is 0. The molecule has 0 bridgehead atoms. The molecule has 0 aromatic heterocycles. The van der Waals surface area contributed by atoms with E-state index in [1.54, 1.807) is 12.1 Å². The molecule has 1 aliphatic heterocycles. The summed E-state index contributed by atoms with van der Waals surface area (Å²) in [6.45, 7) is 4.52. The summed E-state index contributed by atoms with van der Waals surface area (Å²) in [5.41, 5.74) is 1.49. The van der Waals surface area contributed by atoms with Gasteiger partial charge in [0.05, 0.1) is 12.0 Å². The Morgan fingerprint density at radius 3 is 2.63 bits per heavy atom. The number of halogens is 1. The van der Waals surface area contributed by atoms with E-state index in [-0.39, 0.29) is 30.2 Å². The van der Waals surface area contributed by atoms with Crippen molar-refractivity contribution in [2.45, 2.75) is 32.9 Å². The molecule has 1 N–H and O–H groups in total. The van der Waals surface area contributed by atoms with E-state index in [4.69, 9.17) is 4.74 Å². The summed E-state index contributed by atoms with van der Waals surface area (Å²) in [4.78, 5) is 26.3. The third kappa shape index (κ3) is 4.64. The summed E-state index contributed by atoms with van der Waals surface area (Å²) in [7, 11) is 0. The van der Waals surface area contributed by atoms with Gasteiger partial charge in [-0.25, -0.2) is 4.39 Å². The lowest BCUT2D eigenvalue weighted by atomic mass is 10.1. The third-order valence-electron chi connectivity index (χ3n) is 4.42. The summed E-state index contributed by atoms with van der Waals surface area (Å²) in [5.74, 6) is -0.358. The van der Waals surface area contributed by atoms with Crippen LogP contribution in [0.4, 0.5) is 10.1 Å². The van der Waals surface area contributed by atoms with Gasteiger partial charge in [0, 0.05) is 30.8 Å². The summed E-state index contributed by atoms with van der Waals surface area (Å²) in [6, 6.07) is 13.3. The largest absolute Gasteiger partial charge is 0.491 e. The molecule has 1 aliphatic rings. The number of para-hydroxylation sites is 1. The van der Waals surface area contributed by atoms with Gasteiger partial charge in [0.2, 0.25) is 11.8 Å². The first-order valence-corrected chi connectivity index (χ1v) is 9.02. The average Bonchev–Trinajstić information content (AvgIpc) is 3.03. The summed E-state index contributed by atoms with van der Waals surface area (Å²) in [5, 5.41) is 2.90. The van der Waals surface area contributed by atoms with Crippen LogP contribution in [0.15, 0.2) is 48.5 Å². The minimum Gasteiger partial charge on any atom is -0.491 e. The molecule has 1 heterocycles. The van der Waals surface area contributed by atoms with E-state index in [0.717, 1.165) is 11.3 Å². The highest BCUT2D eigenvalue weighted by Crippen LogP contribution is 2.26. The smallest absolute Gasteiger partial charge is 0.227 e. The maximum atomic E-state index is 13.1. The number of benzene rings is 2. The van der Waals surface area contributed by atoms with Gasteiger partial charge in [-0.15, -0.1) is 0 Å². The number of carbonyl (C=O) groups excluding carboxylic acids is 2. The highest BCUT2D eigenvalue weighted by Gasteiger charge is 2.35. The van der Waals surface area contributed by atoms with Crippen molar-refractivity contribution >= 4 is 17.5 Å². The second-order valence-corrected chi connectivity index (χ2v) is 6.87. The van der Waals surface area contributed by atoms with Crippen molar-refractivity contribution in [3.05, 3.63) is 59.9 Å². The Bertz CT molecular complexity index is 820. The van der Waals surface area contributed by atoms with E-state index < -0.39 is 5.92 Å². The van der Waals surface area contributed by atoms with Crippen molar-refractivity contribution in [3.63, 3.8) is 0 Å². The van der Waals surface area contributed by atoms with Crippen molar-refractivity contribution in [2.75, 3.05) is 11.4 Å². The van der Waals surface area contributed by atoms with E-state index in [2.05, 4.69) is 5.32 Å². The topological polar surface area (TPSA) is 58.6 Å². The van der Waals surface area contributed by atoms with Gasteiger partial charge in [-0.2, -0.15) is 0 Å². The molecule has 2 aromatic carbocycles. The van der Waals surface area contributed by atoms with Gasteiger partial charge < -0.3 is 15.0 Å². The zero-order chi connectivity index (χ0) is 19.4. The van der Waals surface area contributed by atoms with Crippen LogP contribution in [0, 0.1) is 11.7 Å². The zero-order valence-electron chi connectivity index (χ0n) is 15.4. The second kappa shape index (κ2) is 8.20. The summed E-state index contributed by atoms with van der Waals surface area (Å²) in [6.07, 6.45) is 0.187. The lowest BCUT2D eigenvalue weighted by Gasteiger charge is -2.17. The van der Waals surface area contributed by atoms with E-state index in [1.165, 1.54) is 17.0 Å². The van der Waals surface area contributed by atoms with Gasteiger partial charge in [-0.1, -0.05) is 18.2 Å². The standard InChI is InChI=1S/C21H23FN2O3/c1-14(2)27-19-6-4-3-5-15(19)12-23-21(26)16-11-20(25)24(13-16)18-9-7-17(22)8-10-18/h3-10,14,16H,11-13H2,1-2H3,(H,23,26). The predicted molar refractivity (Wildman–Crippen MR) is 101 cm³/mol. The lowest BCUT2D eigenvalue weighted by molar-refractivity contribution is -0.126. The quantitative estimate of drug-likeness (QED) is 0.849. The number of nitrogens with one attached hydrogen (secondary N) is 1. The molecular formula is C21H23FN2O3. The van der Waals surface area contributed by atoms with Crippen LogP contribution in [0.5, 0.6) is 5.75 Å². The zero-order valence-corrected chi connectivity index (χ0v) is 15.4. The summed E-state index contributed by atoms with van der Waals surface area (Å²) < 4.78 is 18.8. The van der Waals surface area contributed by atoms with Crippen LogP contribution in [-0.2, 0) is 16.1 Å². The lowest BCUT2D eigenvalue weighted by Crippen LogP contribution is -2.32. The fourth-order valence-corrected chi connectivity index (χ4v) is 3.10. The Hall–Kier alpha value is -2.89. The number of carbonyl (C=O) groups is 2. The van der Waals surface area contributed by atoms with Crippen molar-refractivity contribution in [2.24, 2.45) is 5.92 Å². The maximum Gasteiger partial charge on any atom is 0.227 e. The average molecular weight is 370 g/mol. The number of anilines is 1. The molecule has 3 rings (SSSR count). The number of hydrogen-bond donors (Lipinski definition) is 1. The molecule has 1 unspecified atom stereocenters. The van der Waals surface area contributed by atoms with Gasteiger partial charge in [0.1, 0.15) is 11.6 Å². The van der Waals surface area contributed by atoms with E-state index in [9.17, 15) is 14.0 Å². The van der Waals surface area contributed by atoms with Crippen molar-refractivity contribution in [3.8, 4) is 5.75 Å². The van der Waals surface area contributed by atoms with Crippen LogP contribution < -0.4 is 15.0 Å². The first-order valence-electron chi connectivity index (χ1n) is 9.02. The molecule has 27 heavy (non-hydrogen) atoms. The molecule has 2 aromatic rings. The monoisotopic (exact) mass is 370 g/mol. The Labute approximate surface area is 158 Å². The number of hydrogen-bond acceptors (Lipinski definition) is 3. The van der Waals surface area contributed by atoms with Gasteiger partial charge in [0.25, 0.3) is 0 Å². The van der Waals surface area contributed by atoms with Crippen LogP contribution in [0.1, 0.15) is 25.8 Å². The Morgan fingerprint density at radius 2 is 1.93 bits per heavy atom. The van der Waals surface area contributed by atoms with Crippen LogP contribution in [0.3, 0.4) is 0 Å². The van der Waals surface area contributed by atoms with Crippen LogP contribution in [0.2, 0.25) is 0 Å². The molecule has 5 nitrogen and oxygen atoms in total. The van der Waals surface area contributed by atoms with Crippen molar-refractivity contribution in [1.29, 1.82) is 0 Å². The molecule has 0 aliphatic carbocycles. The van der Waals surface area contributed by atoms with Gasteiger partial charge >= 0.3 is 0 Å². The minimum absolute atomic E-state index is 0.0403.